The van der Waals surface area contributed by atoms with Crippen molar-refractivity contribution in [1.82, 2.24) is 10.2 Å². The monoisotopic (exact) mass is 296 g/mol. The van der Waals surface area contributed by atoms with Crippen LogP contribution in [0.1, 0.15) is 46.5 Å². The van der Waals surface area contributed by atoms with Crippen LogP contribution in [-0.2, 0) is 4.74 Å². The first-order chi connectivity index (χ1) is 9.94. The molecule has 124 valence electrons. The molecule has 1 saturated carbocycles. The molecule has 3 nitrogen and oxygen atoms in total. The van der Waals surface area contributed by atoms with Gasteiger partial charge in [0.1, 0.15) is 0 Å². The zero-order chi connectivity index (χ0) is 15.5. The van der Waals surface area contributed by atoms with Crippen molar-refractivity contribution in [1.29, 1.82) is 0 Å². The SMILES string of the molecule is CNC1CCC(C(C)(C)C)CC1CN1CCC(COC)C1. The lowest BCUT2D eigenvalue weighted by molar-refractivity contribution is 0.0923. The van der Waals surface area contributed by atoms with Crippen LogP contribution in [0.5, 0.6) is 0 Å². The van der Waals surface area contributed by atoms with Gasteiger partial charge in [-0.15, -0.1) is 0 Å². The molecule has 1 aliphatic carbocycles. The zero-order valence-electron chi connectivity index (χ0n) is 14.8. The van der Waals surface area contributed by atoms with Gasteiger partial charge in [-0.1, -0.05) is 20.8 Å². The van der Waals surface area contributed by atoms with Gasteiger partial charge in [0.25, 0.3) is 0 Å². The van der Waals surface area contributed by atoms with Crippen LogP contribution in [0.25, 0.3) is 0 Å². The van der Waals surface area contributed by atoms with E-state index < -0.39 is 0 Å². The van der Waals surface area contributed by atoms with Gasteiger partial charge in [0.05, 0.1) is 6.61 Å². The molecular formula is C18H36N2O. The number of hydrogen-bond donors (Lipinski definition) is 1. The Hall–Kier alpha value is -0.120. The van der Waals surface area contributed by atoms with Gasteiger partial charge in [-0.2, -0.15) is 0 Å². The predicted molar refractivity (Wildman–Crippen MR) is 89.6 cm³/mol. The Balaban J connectivity index is 1.89. The minimum Gasteiger partial charge on any atom is -0.384 e. The van der Waals surface area contributed by atoms with Crippen LogP contribution < -0.4 is 5.32 Å². The van der Waals surface area contributed by atoms with Crippen molar-refractivity contribution in [3.8, 4) is 0 Å². The molecule has 2 rings (SSSR count). The highest BCUT2D eigenvalue weighted by atomic mass is 16.5. The molecule has 4 unspecified atom stereocenters. The Bertz CT molecular complexity index is 313. The molecule has 0 aromatic carbocycles. The zero-order valence-corrected chi connectivity index (χ0v) is 14.8. The lowest BCUT2D eigenvalue weighted by atomic mass is 9.67. The lowest BCUT2D eigenvalue weighted by Crippen LogP contribution is -2.46. The van der Waals surface area contributed by atoms with Crippen LogP contribution in [0, 0.1) is 23.2 Å². The molecule has 0 radical (unpaired) electrons. The summed E-state index contributed by atoms with van der Waals surface area (Å²) in [5, 5.41) is 3.58. The van der Waals surface area contributed by atoms with Gasteiger partial charge < -0.3 is 15.0 Å². The second-order valence-electron chi connectivity index (χ2n) is 8.40. The molecule has 1 saturated heterocycles. The molecule has 2 fully saturated rings. The maximum Gasteiger partial charge on any atom is 0.0503 e. The average molecular weight is 296 g/mol. The van der Waals surface area contributed by atoms with Crippen molar-refractivity contribution in [2.24, 2.45) is 23.2 Å². The number of methoxy groups -OCH3 is 1. The molecule has 2 aliphatic rings. The summed E-state index contributed by atoms with van der Waals surface area (Å²) < 4.78 is 5.33. The molecule has 21 heavy (non-hydrogen) atoms. The van der Waals surface area contributed by atoms with Crippen LogP contribution in [0.4, 0.5) is 0 Å². The van der Waals surface area contributed by atoms with Gasteiger partial charge in [-0.25, -0.2) is 0 Å². The Morgan fingerprint density at radius 2 is 1.95 bits per heavy atom. The number of nitrogens with one attached hydrogen (secondary N) is 1. The van der Waals surface area contributed by atoms with Gasteiger partial charge in [-0.05, 0) is 62.4 Å². The molecule has 0 spiro atoms. The van der Waals surface area contributed by atoms with E-state index in [4.69, 9.17) is 4.74 Å². The van der Waals surface area contributed by atoms with Crippen molar-refractivity contribution < 1.29 is 4.74 Å². The number of likely N-dealkylation sites (tertiary alicyclic amines) is 1. The first-order valence-electron chi connectivity index (χ1n) is 8.82. The van der Waals surface area contributed by atoms with Gasteiger partial charge >= 0.3 is 0 Å². The number of hydrogen-bond acceptors (Lipinski definition) is 3. The van der Waals surface area contributed by atoms with Crippen molar-refractivity contribution in [3.05, 3.63) is 0 Å². The Labute approximate surface area is 131 Å². The quantitative estimate of drug-likeness (QED) is 0.844. The van der Waals surface area contributed by atoms with E-state index in [2.05, 4.69) is 38.0 Å². The molecule has 1 N–H and O–H groups in total. The fourth-order valence-electron chi connectivity index (χ4n) is 4.41. The van der Waals surface area contributed by atoms with Gasteiger partial charge in [0, 0.05) is 26.2 Å². The minimum absolute atomic E-state index is 0.459. The normalized spacial score (nSPS) is 35.3. The Kier molecular flexibility index (Phi) is 6.10. The second kappa shape index (κ2) is 7.43. The fraction of sp³-hybridized carbons (Fsp3) is 1.00. The summed E-state index contributed by atoms with van der Waals surface area (Å²) in [5.74, 6) is 2.45. The third-order valence-corrected chi connectivity index (χ3v) is 5.84. The third-order valence-electron chi connectivity index (χ3n) is 5.84. The van der Waals surface area contributed by atoms with E-state index in [1.165, 1.54) is 45.3 Å². The van der Waals surface area contributed by atoms with E-state index in [0.29, 0.717) is 11.5 Å². The van der Waals surface area contributed by atoms with Crippen LogP contribution in [-0.4, -0.2) is 51.3 Å². The van der Waals surface area contributed by atoms with E-state index in [9.17, 15) is 0 Å². The van der Waals surface area contributed by atoms with E-state index in [-0.39, 0.29) is 0 Å². The summed E-state index contributed by atoms with van der Waals surface area (Å²) in [4.78, 5) is 2.68. The molecule has 3 heteroatoms. The van der Waals surface area contributed by atoms with Crippen LogP contribution >= 0.6 is 0 Å². The average Bonchev–Trinajstić information content (AvgIpc) is 2.85. The summed E-state index contributed by atoms with van der Waals surface area (Å²) in [6, 6.07) is 0.713. The van der Waals surface area contributed by atoms with Crippen LogP contribution in [0.2, 0.25) is 0 Å². The summed E-state index contributed by atoms with van der Waals surface area (Å²) in [5.41, 5.74) is 0.459. The summed E-state index contributed by atoms with van der Waals surface area (Å²) in [6.07, 6.45) is 5.43. The first-order valence-corrected chi connectivity index (χ1v) is 8.82. The topological polar surface area (TPSA) is 24.5 Å². The summed E-state index contributed by atoms with van der Waals surface area (Å²) >= 11 is 0. The third kappa shape index (κ3) is 4.67. The van der Waals surface area contributed by atoms with Gasteiger partial charge in [-0.3, -0.25) is 0 Å². The smallest absolute Gasteiger partial charge is 0.0503 e. The van der Waals surface area contributed by atoms with Crippen LogP contribution in [0.3, 0.4) is 0 Å². The van der Waals surface area contributed by atoms with Crippen molar-refractivity contribution in [2.45, 2.75) is 52.5 Å². The molecule has 0 aromatic heterocycles. The highest BCUT2D eigenvalue weighted by molar-refractivity contribution is 4.91. The van der Waals surface area contributed by atoms with E-state index in [0.717, 1.165) is 24.4 Å². The molecule has 0 amide bonds. The largest absolute Gasteiger partial charge is 0.384 e. The van der Waals surface area contributed by atoms with Crippen LogP contribution in [0.15, 0.2) is 0 Å². The molecule has 0 aromatic rings. The van der Waals surface area contributed by atoms with E-state index in [1.807, 2.05) is 7.11 Å². The maximum atomic E-state index is 5.33. The van der Waals surface area contributed by atoms with Gasteiger partial charge in [0.15, 0.2) is 0 Å². The van der Waals surface area contributed by atoms with Crippen molar-refractivity contribution in [2.75, 3.05) is 40.4 Å². The standard InChI is InChI=1S/C18H36N2O/c1-18(2,3)16-6-7-17(19-4)15(10-16)12-20-9-8-14(11-20)13-21-5/h14-17,19H,6-13H2,1-5H3. The highest BCUT2D eigenvalue weighted by Gasteiger charge is 2.36. The summed E-state index contributed by atoms with van der Waals surface area (Å²) in [6.45, 7) is 12.0. The fourth-order valence-corrected chi connectivity index (χ4v) is 4.41. The predicted octanol–water partition coefficient (Wildman–Crippen LogP) is 3.01. The van der Waals surface area contributed by atoms with E-state index >= 15 is 0 Å². The maximum absolute atomic E-state index is 5.33. The number of nitrogens with zero attached hydrogens (tertiary/aromatic N) is 1. The van der Waals surface area contributed by atoms with E-state index in [1.54, 1.807) is 0 Å². The molecule has 1 aliphatic heterocycles. The Morgan fingerprint density at radius 1 is 1.19 bits per heavy atom. The van der Waals surface area contributed by atoms with Crippen molar-refractivity contribution in [3.63, 3.8) is 0 Å². The highest BCUT2D eigenvalue weighted by Crippen LogP contribution is 2.40. The molecular weight excluding hydrogens is 260 g/mol. The van der Waals surface area contributed by atoms with Crippen molar-refractivity contribution >= 4 is 0 Å². The van der Waals surface area contributed by atoms with Gasteiger partial charge in [0.2, 0.25) is 0 Å². The molecule has 0 bridgehead atoms. The minimum atomic E-state index is 0.459. The number of ether oxygens (including phenoxy) is 1. The lowest BCUT2D eigenvalue weighted by Gasteiger charge is -2.43. The molecule has 4 atom stereocenters. The Morgan fingerprint density at radius 3 is 2.57 bits per heavy atom. The molecule has 1 heterocycles. The number of rotatable bonds is 5. The second-order valence-corrected chi connectivity index (χ2v) is 8.40. The first kappa shape index (κ1) is 17.2. The summed E-state index contributed by atoms with van der Waals surface area (Å²) in [7, 11) is 3.97.